The summed E-state index contributed by atoms with van der Waals surface area (Å²) in [7, 11) is 0. The van der Waals surface area contributed by atoms with Crippen LogP contribution in [0.3, 0.4) is 0 Å². The molecule has 1 aromatic heterocycles. The summed E-state index contributed by atoms with van der Waals surface area (Å²) in [5, 5.41) is 0. The Hall–Kier alpha value is -2.63. The van der Waals surface area contributed by atoms with Gasteiger partial charge in [0.1, 0.15) is 0 Å². The number of piperidine rings is 1. The van der Waals surface area contributed by atoms with Crippen LogP contribution in [0.4, 0.5) is 0 Å². The van der Waals surface area contributed by atoms with E-state index in [2.05, 4.69) is 11.9 Å². The van der Waals surface area contributed by atoms with Gasteiger partial charge in [0.25, 0.3) is 5.91 Å². The molecule has 2 aliphatic heterocycles. The third kappa shape index (κ3) is 3.24. The second-order valence-electron chi connectivity index (χ2n) is 7.60. The summed E-state index contributed by atoms with van der Waals surface area (Å²) in [5.41, 5.74) is 1.16. The number of benzene rings is 1. The monoisotopic (exact) mass is 367 g/mol. The molecule has 2 aliphatic rings. The summed E-state index contributed by atoms with van der Waals surface area (Å²) in [5.74, 6) is 0.918. The molecule has 0 saturated carbocycles. The van der Waals surface area contributed by atoms with Crippen molar-refractivity contribution in [1.29, 1.82) is 0 Å². The molecule has 3 heterocycles. The topological polar surface area (TPSA) is 66.7 Å². The van der Waals surface area contributed by atoms with Crippen LogP contribution in [0.1, 0.15) is 43.0 Å². The minimum absolute atomic E-state index is 0.00332. The number of carbonyl (C=O) groups excluding carboxylic acids is 2. The molecule has 142 valence electrons. The summed E-state index contributed by atoms with van der Waals surface area (Å²) in [6.45, 7) is 4.95. The number of amides is 2. The average Bonchev–Trinajstić information content (AvgIpc) is 3.37. The van der Waals surface area contributed by atoms with E-state index in [1.807, 2.05) is 34.1 Å². The largest absolute Gasteiger partial charge is 0.444 e. The lowest BCUT2D eigenvalue weighted by Gasteiger charge is -2.39. The van der Waals surface area contributed by atoms with Crippen molar-refractivity contribution >= 4 is 11.8 Å². The molecule has 0 aliphatic carbocycles. The van der Waals surface area contributed by atoms with Gasteiger partial charge in [0.15, 0.2) is 12.2 Å². The molecule has 2 saturated heterocycles. The minimum atomic E-state index is -0.372. The average molecular weight is 367 g/mol. The van der Waals surface area contributed by atoms with Crippen molar-refractivity contribution < 1.29 is 14.0 Å². The van der Waals surface area contributed by atoms with Gasteiger partial charge in [0, 0.05) is 37.3 Å². The molecule has 6 nitrogen and oxygen atoms in total. The van der Waals surface area contributed by atoms with Gasteiger partial charge in [0.05, 0.1) is 11.6 Å². The molecule has 0 unspecified atom stereocenters. The highest BCUT2D eigenvalue weighted by atomic mass is 16.3. The Labute approximate surface area is 159 Å². The maximum atomic E-state index is 13.0. The molecule has 4 rings (SSSR count). The first-order chi connectivity index (χ1) is 13.1. The fraction of sp³-hybridized carbons (Fsp3) is 0.476. The van der Waals surface area contributed by atoms with E-state index in [1.165, 1.54) is 6.39 Å². The smallest absolute Gasteiger partial charge is 0.253 e. The Morgan fingerprint density at radius 1 is 1.22 bits per heavy atom. The van der Waals surface area contributed by atoms with Gasteiger partial charge in [-0.05, 0) is 37.8 Å². The zero-order valence-electron chi connectivity index (χ0n) is 15.7. The lowest BCUT2D eigenvalue weighted by Crippen LogP contribution is -2.50. The number of nitrogens with zero attached hydrogens (tertiary/aromatic N) is 3. The van der Waals surface area contributed by atoms with Crippen LogP contribution in [0.25, 0.3) is 11.3 Å². The molecule has 0 radical (unpaired) electrons. The normalized spacial score (nSPS) is 22.6. The Balaban J connectivity index is 1.47. The fourth-order valence-electron chi connectivity index (χ4n) is 4.38. The van der Waals surface area contributed by atoms with Crippen molar-refractivity contribution in [3.05, 3.63) is 42.4 Å². The number of aromatic nitrogens is 1. The summed E-state index contributed by atoms with van der Waals surface area (Å²) >= 11 is 0. The molecular weight excluding hydrogens is 342 g/mol. The highest BCUT2D eigenvalue weighted by Gasteiger charge is 2.49. The Kier molecular flexibility index (Phi) is 4.72. The predicted molar refractivity (Wildman–Crippen MR) is 101 cm³/mol. The van der Waals surface area contributed by atoms with Crippen LogP contribution < -0.4 is 0 Å². The SMILES string of the molecule is CCCN1CCC[C@]2(CCN(C(=O)c3ccc(-c4cnco4)cc3)C2)C1=O. The van der Waals surface area contributed by atoms with Gasteiger partial charge < -0.3 is 14.2 Å². The molecule has 1 aromatic carbocycles. The van der Waals surface area contributed by atoms with Gasteiger partial charge >= 0.3 is 0 Å². The van der Waals surface area contributed by atoms with Gasteiger partial charge in [-0.1, -0.05) is 19.1 Å². The minimum Gasteiger partial charge on any atom is -0.444 e. The first-order valence-corrected chi connectivity index (χ1v) is 9.70. The Bertz CT molecular complexity index is 814. The van der Waals surface area contributed by atoms with Crippen LogP contribution in [-0.4, -0.2) is 52.8 Å². The lowest BCUT2D eigenvalue weighted by atomic mass is 9.78. The molecular formula is C21H25N3O3. The first kappa shape index (κ1) is 17.8. The molecule has 1 spiro atoms. The third-order valence-corrected chi connectivity index (χ3v) is 5.81. The second kappa shape index (κ2) is 7.18. The number of hydrogen-bond donors (Lipinski definition) is 0. The zero-order chi connectivity index (χ0) is 18.9. The second-order valence-corrected chi connectivity index (χ2v) is 7.60. The van der Waals surface area contributed by atoms with E-state index in [1.54, 1.807) is 6.20 Å². The van der Waals surface area contributed by atoms with Crippen molar-refractivity contribution in [3.63, 3.8) is 0 Å². The molecule has 2 aromatic rings. The van der Waals surface area contributed by atoms with E-state index in [0.29, 0.717) is 24.4 Å². The van der Waals surface area contributed by atoms with Gasteiger partial charge in [-0.25, -0.2) is 4.98 Å². The quantitative estimate of drug-likeness (QED) is 0.832. The standard InChI is InChI=1S/C21H25N3O3/c1-2-10-23-11-3-8-21(20(23)26)9-12-24(14-21)19(25)17-6-4-16(5-7-17)18-13-22-15-27-18/h4-7,13,15H,2-3,8-12,14H2,1H3/t21-/m1/s1. The Morgan fingerprint density at radius 2 is 2.04 bits per heavy atom. The molecule has 2 fully saturated rings. The van der Waals surface area contributed by atoms with Gasteiger partial charge in [-0.3, -0.25) is 9.59 Å². The van der Waals surface area contributed by atoms with Gasteiger partial charge in [0.2, 0.25) is 5.91 Å². The van der Waals surface area contributed by atoms with E-state index >= 15 is 0 Å². The van der Waals surface area contributed by atoms with Crippen molar-refractivity contribution in [3.8, 4) is 11.3 Å². The lowest BCUT2D eigenvalue weighted by molar-refractivity contribution is -0.145. The summed E-state index contributed by atoms with van der Waals surface area (Å²) in [6.07, 6.45) is 6.70. The number of carbonyl (C=O) groups is 2. The third-order valence-electron chi connectivity index (χ3n) is 5.81. The fourth-order valence-corrected chi connectivity index (χ4v) is 4.38. The van der Waals surface area contributed by atoms with E-state index in [0.717, 1.165) is 44.3 Å². The highest BCUT2D eigenvalue weighted by molar-refractivity contribution is 5.96. The summed E-state index contributed by atoms with van der Waals surface area (Å²) in [6, 6.07) is 7.37. The van der Waals surface area contributed by atoms with E-state index in [-0.39, 0.29) is 17.2 Å². The van der Waals surface area contributed by atoms with E-state index in [4.69, 9.17) is 4.42 Å². The first-order valence-electron chi connectivity index (χ1n) is 9.70. The number of rotatable bonds is 4. The van der Waals surface area contributed by atoms with Crippen molar-refractivity contribution in [1.82, 2.24) is 14.8 Å². The zero-order valence-corrected chi connectivity index (χ0v) is 15.7. The summed E-state index contributed by atoms with van der Waals surface area (Å²) < 4.78 is 5.29. The van der Waals surface area contributed by atoms with Crippen molar-refractivity contribution in [2.45, 2.75) is 32.6 Å². The number of hydrogen-bond acceptors (Lipinski definition) is 4. The molecule has 2 amide bonds. The van der Waals surface area contributed by atoms with E-state index < -0.39 is 0 Å². The van der Waals surface area contributed by atoms with Crippen LogP contribution in [0, 0.1) is 5.41 Å². The van der Waals surface area contributed by atoms with Gasteiger partial charge in [-0.2, -0.15) is 0 Å². The molecule has 6 heteroatoms. The van der Waals surface area contributed by atoms with Crippen LogP contribution in [0.5, 0.6) is 0 Å². The molecule has 27 heavy (non-hydrogen) atoms. The van der Waals surface area contributed by atoms with E-state index in [9.17, 15) is 9.59 Å². The number of likely N-dealkylation sites (tertiary alicyclic amines) is 2. The van der Waals surface area contributed by atoms with Crippen LogP contribution in [0.15, 0.2) is 41.3 Å². The molecule has 1 atom stereocenters. The molecule has 0 N–H and O–H groups in total. The van der Waals surface area contributed by atoms with Crippen molar-refractivity contribution in [2.75, 3.05) is 26.2 Å². The molecule has 0 bridgehead atoms. The van der Waals surface area contributed by atoms with Crippen LogP contribution in [-0.2, 0) is 4.79 Å². The van der Waals surface area contributed by atoms with Crippen LogP contribution >= 0.6 is 0 Å². The van der Waals surface area contributed by atoms with Crippen molar-refractivity contribution in [2.24, 2.45) is 5.41 Å². The highest BCUT2D eigenvalue weighted by Crippen LogP contribution is 2.40. The number of oxazole rings is 1. The van der Waals surface area contributed by atoms with Gasteiger partial charge in [-0.15, -0.1) is 0 Å². The van der Waals surface area contributed by atoms with Crippen LogP contribution in [0.2, 0.25) is 0 Å². The maximum Gasteiger partial charge on any atom is 0.253 e. The summed E-state index contributed by atoms with van der Waals surface area (Å²) in [4.78, 5) is 33.7. The maximum absolute atomic E-state index is 13.0. The Morgan fingerprint density at radius 3 is 2.74 bits per heavy atom. The predicted octanol–water partition coefficient (Wildman–Crippen LogP) is 3.21.